The summed E-state index contributed by atoms with van der Waals surface area (Å²) in [6, 6.07) is 0. The van der Waals surface area contributed by atoms with Crippen LogP contribution in [0.4, 0.5) is 0 Å². The maximum absolute atomic E-state index is 11.0. The van der Waals surface area contributed by atoms with E-state index in [-0.39, 0.29) is 11.8 Å². The van der Waals surface area contributed by atoms with Crippen molar-refractivity contribution in [2.24, 2.45) is 0 Å². The summed E-state index contributed by atoms with van der Waals surface area (Å²) in [4.78, 5) is 22.0. The third kappa shape index (κ3) is 2.53. The topological polar surface area (TPSA) is 40.6 Å². The van der Waals surface area contributed by atoms with Gasteiger partial charge in [0.2, 0.25) is 11.8 Å². The zero-order valence-corrected chi connectivity index (χ0v) is 8.13. The fourth-order valence-electron chi connectivity index (χ4n) is 1.13. The predicted octanol–water partition coefficient (Wildman–Crippen LogP) is 0.638. The lowest BCUT2D eigenvalue weighted by atomic mass is 10.5. The standard InChI is InChI=1S/C8H16N2O2/c1-5-9(7(3)11)10(6-2)8(4)12/h5-6H2,1-4H3. The van der Waals surface area contributed by atoms with Gasteiger partial charge in [0.1, 0.15) is 0 Å². The molecular weight excluding hydrogens is 156 g/mol. The fraction of sp³-hybridized carbons (Fsp3) is 0.750. The number of carbonyl (C=O) groups excluding carboxylic acids is 2. The molecular formula is C8H16N2O2. The van der Waals surface area contributed by atoms with Gasteiger partial charge in [-0.3, -0.25) is 19.6 Å². The number of nitrogens with zero attached hydrogens (tertiary/aromatic N) is 2. The molecule has 70 valence electrons. The van der Waals surface area contributed by atoms with Crippen LogP contribution in [-0.4, -0.2) is 34.9 Å². The molecule has 0 saturated carbocycles. The minimum Gasteiger partial charge on any atom is -0.273 e. The summed E-state index contributed by atoms with van der Waals surface area (Å²) in [5.41, 5.74) is 0. The Labute approximate surface area is 73.1 Å². The molecule has 0 aliphatic heterocycles. The van der Waals surface area contributed by atoms with Gasteiger partial charge in [0.25, 0.3) is 0 Å². The van der Waals surface area contributed by atoms with Gasteiger partial charge in [0, 0.05) is 26.9 Å². The van der Waals surface area contributed by atoms with Crippen LogP contribution in [0.3, 0.4) is 0 Å². The first-order valence-electron chi connectivity index (χ1n) is 4.10. The Morgan fingerprint density at radius 1 is 0.917 bits per heavy atom. The van der Waals surface area contributed by atoms with Crippen molar-refractivity contribution in [3.63, 3.8) is 0 Å². The van der Waals surface area contributed by atoms with Crippen LogP contribution in [-0.2, 0) is 9.59 Å². The molecule has 4 heteroatoms. The van der Waals surface area contributed by atoms with Crippen LogP contribution in [0.25, 0.3) is 0 Å². The molecule has 0 fully saturated rings. The van der Waals surface area contributed by atoms with E-state index in [0.717, 1.165) is 0 Å². The number of hydrazine groups is 1. The van der Waals surface area contributed by atoms with Gasteiger partial charge in [-0.1, -0.05) is 0 Å². The second kappa shape index (κ2) is 4.74. The molecule has 0 aromatic carbocycles. The highest BCUT2D eigenvalue weighted by atomic mass is 16.2. The minimum absolute atomic E-state index is 0.102. The minimum atomic E-state index is -0.102. The van der Waals surface area contributed by atoms with Crippen molar-refractivity contribution >= 4 is 11.8 Å². The third-order valence-electron chi connectivity index (χ3n) is 1.62. The van der Waals surface area contributed by atoms with Crippen molar-refractivity contribution in [2.75, 3.05) is 13.1 Å². The lowest BCUT2D eigenvalue weighted by Crippen LogP contribution is -2.47. The molecule has 0 atom stereocenters. The first kappa shape index (κ1) is 10.9. The van der Waals surface area contributed by atoms with Crippen molar-refractivity contribution in [3.8, 4) is 0 Å². The van der Waals surface area contributed by atoms with Gasteiger partial charge in [-0.25, -0.2) is 0 Å². The maximum Gasteiger partial charge on any atom is 0.238 e. The molecule has 0 spiro atoms. The second-order valence-electron chi connectivity index (χ2n) is 2.47. The quantitative estimate of drug-likeness (QED) is 0.573. The Morgan fingerprint density at radius 2 is 1.17 bits per heavy atom. The Morgan fingerprint density at radius 3 is 1.25 bits per heavy atom. The fourth-order valence-corrected chi connectivity index (χ4v) is 1.13. The summed E-state index contributed by atoms with van der Waals surface area (Å²) in [7, 11) is 0. The van der Waals surface area contributed by atoms with Crippen molar-refractivity contribution in [2.45, 2.75) is 27.7 Å². The molecule has 12 heavy (non-hydrogen) atoms. The van der Waals surface area contributed by atoms with Crippen molar-refractivity contribution in [1.29, 1.82) is 0 Å². The summed E-state index contributed by atoms with van der Waals surface area (Å²) >= 11 is 0. The normalized spacial score (nSPS) is 9.33. The van der Waals surface area contributed by atoms with Crippen LogP contribution in [0.5, 0.6) is 0 Å². The van der Waals surface area contributed by atoms with E-state index < -0.39 is 0 Å². The van der Waals surface area contributed by atoms with Crippen molar-refractivity contribution in [3.05, 3.63) is 0 Å². The lowest BCUT2D eigenvalue weighted by molar-refractivity contribution is -0.160. The van der Waals surface area contributed by atoms with Gasteiger partial charge in [-0.05, 0) is 13.8 Å². The molecule has 0 bridgehead atoms. The average Bonchev–Trinajstić information content (AvgIpc) is 1.98. The van der Waals surface area contributed by atoms with Crippen LogP contribution in [0.1, 0.15) is 27.7 Å². The van der Waals surface area contributed by atoms with Crippen LogP contribution in [0.15, 0.2) is 0 Å². The van der Waals surface area contributed by atoms with Gasteiger partial charge in [-0.2, -0.15) is 0 Å². The van der Waals surface area contributed by atoms with Gasteiger partial charge < -0.3 is 0 Å². The predicted molar refractivity (Wildman–Crippen MR) is 46.1 cm³/mol. The highest BCUT2D eigenvalue weighted by molar-refractivity contribution is 5.79. The van der Waals surface area contributed by atoms with Crippen LogP contribution >= 0.6 is 0 Å². The summed E-state index contributed by atoms with van der Waals surface area (Å²) in [5.74, 6) is -0.205. The first-order valence-corrected chi connectivity index (χ1v) is 4.10. The molecule has 0 rings (SSSR count). The van der Waals surface area contributed by atoms with Gasteiger partial charge in [-0.15, -0.1) is 0 Å². The van der Waals surface area contributed by atoms with E-state index in [4.69, 9.17) is 0 Å². The molecule has 0 aromatic rings. The summed E-state index contributed by atoms with van der Waals surface area (Å²) in [6.45, 7) is 7.65. The van der Waals surface area contributed by atoms with E-state index in [1.807, 2.05) is 13.8 Å². The molecule has 0 heterocycles. The second-order valence-corrected chi connectivity index (χ2v) is 2.47. The van der Waals surface area contributed by atoms with E-state index in [0.29, 0.717) is 13.1 Å². The molecule has 0 unspecified atom stereocenters. The van der Waals surface area contributed by atoms with Gasteiger partial charge >= 0.3 is 0 Å². The van der Waals surface area contributed by atoms with E-state index in [1.165, 1.54) is 23.9 Å². The lowest BCUT2D eigenvalue weighted by Gasteiger charge is -2.31. The van der Waals surface area contributed by atoms with Crippen LogP contribution < -0.4 is 0 Å². The van der Waals surface area contributed by atoms with Crippen LogP contribution in [0.2, 0.25) is 0 Å². The maximum atomic E-state index is 11.0. The SMILES string of the molecule is CCN(C(C)=O)N(CC)C(C)=O. The number of amides is 2. The van der Waals surface area contributed by atoms with E-state index in [2.05, 4.69) is 0 Å². The Hall–Kier alpha value is -1.06. The number of hydrogen-bond donors (Lipinski definition) is 0. The Bertz CT molecular complexity index is 160. The van der Waals surface area contributed by atoms with E-state index in [9.17, 15) is 9.59 Å². The number of rotatable bonds is 2. The smallest absolute Gasteiger partial charge is 0.238 e. The van der Waals surface area contributed by atoms with Gasteiger partial charge in [0.05, 0.1) is 0 Å². The molecule has 0 aliphatic carbocycles. The largest absolute Gasteiger partial charge is 0.273 e. The van der Waals surface area contributed by atoms with Gasteiger partial charge in [0.15, 0.2) is 0 Å². The summed E-state index contributed by atoms with van der Waals surface area (Å²) in [6.07, 6.45) is 0. The average molecular weight is 172 g/mol. The van der Waals surface area contributed by atoms with Crippen molar-refractivity contribution < 1.29 is 9.59 Å². The zero-order valence-electron chi connectivity index (χ0n) is 8.13. The Kier molecular flexibility index (Phi) is 4.33. The monoisotopic (exact) mass is 172 g/mol. The summed E-state index contributed by atoms with van der Waals surface area (Å²) in [5, 5.41) is 2.87. The molecule has 2 amide bonds. The molecule has 4 nitrogen and oxygen atoms in total. The highest BCUT2D eigenvalue weighted by Gasteiger charge is 2.16. The molecule has 0 saturated heterocycles. The zero-order chi connectivity index (χ0) is 9.72. The Balaban J connectivity index is 4.44. The van der Waals surface area contributed by atoms with E-state index in [1.54, 1.807) is 0 Å². The van der Waals surface area contributed by atoms with Crippen LogP contribution in [0, 0.1) is 0 Å². The number of carbonyl (C=O) groups is 2. The number of hydrogen-bond acceptors (Lipinski definition) is 2. The summed E-state index contributed by atoms with van der Waals surface area (Å²) < 4.78 is 0. The molecule has 0 aromatic heterocycles. The first-order chi connectivity index (χ1) is 5.54. The van der Waals surface area contributed by atoms with E-state index >= 15 is 0 Å². The highest BCUT2D eigenvalue weighted by Crippen LogP contribution is 1.98. The molecule has 0 radical (unpaired) electrons. The third-order valence-corrected chi connectivity index (χ3v) is 1.62. The molecule has 0 aliphatic rings. The van der Waals surface area contributed by atoms with Crippen molar-refractivity contribution in [1.82, 2.24) is 10.0 Å². The molecule has 0 N–H and O–H groups in total.